The summed E-state index contributed by atoms with van der Waals surface area (Å²) in [4.78, 5) is 2.45. The van der Waals surface area contributed by atoms with Crippen molar-refractivity contribution in [3.63, 3.8) is 0 Å². The molecule has 0 bridgehead atoms. The van der Waals surface area contributed by atoms with Crippen molar-refractivity contribution < 1.29 is 13.5 Å². The highest BCUT2D eigenvalue weighted by molar-refractivity contribution is 5.42. The number of halogens is 2. The summed E-state index contributed by atoms with van der Waals surface area (Å²) >= 11 is 0. The molecule has 0 aliphatic carbocycles. The normalized spacial score (nSPS) is 14.8. The lowest BCUT2D eigenvalue weighted by molar-refractivity contribution is 0.163. The number of nitrogens with zero attached hydrogens (tertiary/aromatic N) is 2. The Labute approximate surface area is 194 Å². The molecule has 1 aliphatic rings. The fraction of sp³-hybridized carbons (Fsp3) is 0.321. The molecule has 3 nitrogen and oxygen atoms in total. The summed E-state index contributed by atoms with van der Waals surface area (Å²) in [5.41, 5.74) is 2.71. The third-order valence-corrected chi connectivity index (χ3v) is 6.45. The van der Waals surface area contributed by atoms with E-state index in [1.807, 2.05) is 42.5 Å². The molecule has 3 aromatic carbocycles. The molecule has 0 N–H and O–H groups in total. The lowest BCUT2D eigenvalue weighted by Gasteiger charge is -2.36. The first-order valence-electron chi connectivity index (χ1n) is 11.5. The van der Waals surface area contributed by atoms with E-state index >= 15 is 0 Å². The van der Waals surface area contributed by atoms with Crippen molar-refractivity contribution in [1.82, 2.24) is 4.90 Å². The quantitative estimate of drug-likeness (QED) is 0.390. The van der Waals surface area contributed by atoms with E-state index in [-0.39, 0.29) is 17.6 Å². The summed E-state index contributed by atoms with van der Waals surface area (Å²) in [5, 5.41) is 9.16. The van der Waals surface area contributed by atoms with Crippen LogP contribution in [0.5, 0.6) is 5.75 Å². The van der Waals surface area contributed by atoms with Crippen molar-refractivity contribution in [1.29, 1.82) is 5.26 Å². The van der Waals surface area contributed by atoms with Gasteiger partial charge in [0.25, 0.3) is 0 Å². The van der Waals surface area contributed by atoms with E-state index in [0.717, 1.165) is 50.0 Å². The lowest BCUT2D eigenvalue weighted by Crippen LogP contribution is -2.36. The van der Waals surface area contributed by atoms with Crippen LogP contribution in [0.2, 0.25) is 0 Å². The Bertz CT molecular complexity index is 1020. The van der Waals surface area contributed by atoms with E-state index in [1.165, 1.54) is 24.3 Å². The smallest absolute Gasteiger partial charge is 0.137 e. The third kappa shape index (κ3) is 5.97. The molecule has 1 aliphatic heterocycles. The molecule has 0 aromatic heterocycles. The Morgan fingerprint density at radius 3 is 2.03 bits per heavy atom. The summed E-state index contributed by atoms with van der Waals surface area (Å²) in [6, 6.07) is 22.9. The predicted octanol–water partition coefficient (Wildman–Crippen LogP) is 6.15. The number of ether oxygens (including phenoxy) is 1. The van der Waals surface area contributed by atoms with E-state index in [0.29, 0.717) is 23.8 Å². The van der Waals surface area contributed by atoms with Gasteiger partial charge in [-0.05, 0) is 85.8 Å². The van der Waals surface area contributed by atoms with Crippen molar-refractivity contribution in [2.75, 3.05) is 26.2 Å². The van der Waals surface area contributed by atoms with Crippen LogP contribution in [0.1, 0.15) is 41.9 Å². The molecule has 0 spiro atoms. The Morgan fingerprint density at radius 2 is 1.45 bits per heavy atom. The Hall–Kier alpha value is -3.23. The maximum Gasteiger partial charge on any atom is 0.137 e. The Balaban J connectivity index is 1.33. The summed E-state index contributed by atoms with van der Waals surface area (Å²) < 4.78 is 32.8. The first kappa shape index (κ1) is 22.9. The fourth-order valence-electron chi connectivity index (χ4n) is 4.74. The van der Waals surface area contributed by atoms with Gasteiger partial charge < -0.3 is 9.64 Å². The highest BCUT2D eigenvalue weighted by Gasteiger charge is 2.29. The van der Waals surface area contributed by atoms with Crippen LogP contribution in [0.25, 0.3) is 0 Å². The fourth-order valence-corrected chi connectivity index (χ4v) is 4.74. The summed E-state index contributed by atoms with van der Waals surface area (Å²) in [5.74, 6) is 0.687. The second-order valence-corrected chi connectivity index (χ2v) is 8.57. The second kappa shape index (κ2) is 11.1. The molecular weight excluding hydrogens is 418 g/mol. The zero-order valence-corrected chi connectivity index (χ0v) is 18.6. The van der Waals surface area contributed by atoms with E-state index in [4.69, 9.17) is 10.00 Å². The molecule has 0 radical (unpaired) electrons. The van der Waals surface area contributed by atoms with Gasteiger partial charge in [-0.2, -0.15) is 5.26 Å². The molecule has 0 unspecified atom stereocenters. The standard InChI is InChI=1S/C28H28F2N2O/c29-25-10-6-21(7-11-25)28(22-8-12-26(30)13-9-22)23-14-17-32(18-15-23)16-3-19-33-27-5-2-1-4-24(27)20-31/h1-2,4-13,23,28H,3,14-19H2. The Kier molecular flexibility index (Phi) is 7.70. The van der Waals surface area contributed by atoms with Crippen LogP contribution in [0.3, 0.4) is 0 Å². The first-order chi connectivity index (χ1) is 16.1. The van der Waals surface area contributed by atoms with Gasteiger partial charge in [-0.3, -0.25) is 0 Å². The topological polar surface area (TPSA) is 36.3 Å². The number of rotatable bonds is 8. The van der Waals surface area contributed by atoms with E-state index in [2.05, 4.69) is 11.0 Å². The van der Waals surface area contributed by atoms with Crippen LogP contribution in [0, 0.1) is 28.9 Å². The molecule has 1 saturated heterocycles. The first-order valence-corrected chi connectivity index (χ1v) is 11.5. The Morgan fingerprint density at radius 1 is 0.879 bits per heavy atom. The van der Waals surface area contributed by atoms with Crippen molar-refractivity contribution >= 4 is 0 Å². The van der Waals surface area contributed by atoms with Gasteiger partial charge in [-0.1, -0.05) is 36.4 Å². The number of likely N-dealkylation sites (tertiary alicyclic amines) is 1. The van der Waals surface area contributed by atoms with Crippen LogP contribution >= 0.6 is 0 Å². The van der Waals surface area contributed by atoms with Crippen molar-refractivity contribution in [3.8, 4) is 11.8 Å². The highest BCUT2D eigenvalue weighted by Crippen LogP contribution is 2.38. The summed E-state index contributed by atoms with van der Waals surface area (Å²) in [7, 11) is 0. The van der Waals surface area contributed by atoms with E-state index in [1.54, 1.807) is 6.07 Å². The molecule has 4 rings (SSSR count). The largest absolute Gasteiger partial charge is 0.492 e. The molecule has 170 valence electrons. The van der Waals surface area contributed by atoms with Gasteiger partial charge in [0.2, 0.25) is 0 Å². The maximum atomic E-state index is 13.5. The third-order valence-electron chi connectivity index (χ3n) is 6.45. The minimum Gasteiger partial charge on any atom is -0.492 e. The second-order valence-electron chi connectivity index (χ2n) is 8.57. The lowest BCUT2D eigenvalue weighted by atomic mass is 9.76. The number of piperidine rings is 1. The number of benzene rings is 3. The van der Waals surface area contributed by atoms with E-state index < -0.39 is 0 Å². The van der Waals surface area contributed by atoms with Crippen molar-refractivity contribution in [2.24, 2.45) is 5.92 Å². The van der Waals surface area contributed by atoms with Gasteiger partial charge in [0.1, 0.15) is 23.5 Å². The molecule has 0 atom stereocenters. The van der Waals surface area contributed by atoms with Gasteiger partial charge in [0, 0.05) is 12.5 Å². The van der Waals surface area contributed by atoms with Crippen LogP contribution in [-0.2, 0) is 0 Å². The number of hydrogen-bond acceptors (Lipinski definition) is 3. The van der Waals surface area contributed by atoms with Crippen LogP contribution in [0.15, 0.2) is 72.8 Å². The van der Waals surface area contributed by atoms with Gasteiger partial charge in [-0.25, -0.2) is 8.78 Å². The average molecular weight is 447 g/mol. The van der Waals surface area contributed by atoms with Crippen molar-refractivity contribution in [3.05, 3.63) is 101 Å². The maximum absolute atomic E-state index is 13.5. The molecule has 1 fully saturated rings. The van der Waals surface area contributed by atoms with Gasteiger partial charge in [0.05, 0.1) is 12.2 Å². The molecule has 33 heavy (non-hydrogen) atoms. The van der Waals surface area contributed by atoms with Crippen molar-refractivity contribution in [2.45, 2.75) is 25.2 Å². The monoisotopic (exact) mass is 446 g/mol. The molecule has 1 heterocycles. The van der Waals surface area contributed by atoms with Gasteiger partial charge in [0.15, 0.2) is 0 Å². The zero-order valence-electron chi connectivity index (χ0n) is 18.6. The van der Waals surface area contributed by atoms with Crippen LogP contribution in [-0.4, -0.2) is 31.1 Å². The zero-order chi connectivity index (χ0) is 23.0. The minimum absolute atomic E-state index is 0.124. The molecule has 5 heteroatoms. The van der Waals surface area contributed by atoms with Crippen LogP contribution < -0.4 is 4.74 Å². The molecule has 0 saturated carbocycles. The number of hydrogen-bond donors (Lipinski definition) is 0. The number of para-hydroxylation sites is 1. The van der Waals surface area contributed by atoms with Gasteiger partial charge in [-0.15, -0.1) is 0 Å². The number of nitriles is 1. The summed E-state index contributed by atoms with van der Waals surface area (Å²) in [6.07, 6.45) is 2.94. The average Bonchev–Trinajstić information content (AvgIpc) is 2.85. The van der Waals surface area contributed by atoms with Gasteiger partial charge >= 0.3 is 0 Å². The predicted molar refractivity (Wildman–Crippen MR) is 125 cm³/mol. The minimum atomic E-state index is -0.244. The molecule has 0 amide bonds. The molecule has 3 aromatic rings. The highest BCUT2D eigenvalue weighted by atomic mass is 19.1. The van der Waals surface area contributed by atoms with E-state index in [9.17, 15) is 8.78 Å². The molecular formula is C28H28F2N2O. The SMILES string of the molecule is N#Cc1ccccc1OCCCN1CCC(C(c2ccc(F)cc2)c2ccc(F)cc2)CC1. The summed E-state index contributed by atoms with van der Waals surface area (Å²) in [6.45, 7) is 3.49. The van der Waals surface area contributed by atoms with Crippen LogP contribution in [0.4, 0.5) is 8.78 Å².